The lowest BCUT2D eigenvalue weighted by Gasteiger charge is -2.04. The van der Waals surface area contributed by atoms with Gasteiger partial charge in [-0.2, -0.15) is 0 Å². The Morgan fingerprint density at radius 2 is 2.07 bits per heavy atom. The van der Waals surface area contributed by atoms with Crippen molar-refractivity contribution < 1.29 is 9.90 Å². The Balaban J connectivity index is 3.45. The van der Waals surface area contributed by atoms with Gasteiger partial charge in [0.25, 0.3) is 0 Å². The summed E-state index contributed by atoms with van der Waals surface area (Å²) < 4.78 is 0. The zero-order chi connectivity index (χ0) is 10.8. The van der Waals surface area contributed by atoms with Gasteiger partial charge >= 0.3 is 0 Å². The number of carbonyl (C=O) groups is 1. The van der Waals surface area contributed by atoms with Crippen LogP contribution in [-0.2, 0) is 4.79 Å². The monoisotopic (exact) mass is 198 g/mol. The number of rotatable bonds is 8. The van der Waals surface area contributed by atoms with E-state index >= 15 is 0 Å². The Morgan fingerprint density at radius 3 is 2.64 bits per heavy atom. The predicted molar refractivity (Wildman–Crippen MR) is 59.2 cm³/mol. The van der Waals surface area contributed by atoms with Gasteiger partial charge < -0.3 is 5.11 Å². The lowest BCUT2D eigenvalue weighted by molar-refractivity contribution is -0.120. The van der Waals surface area contributed by atoms with Crippen LogP contribution in [-0.4, -0.2) is 17.0 Å². The maximum Gasteiger partial charge on any atom is 0.135 e. The van der Waals surface area contributed by atoms with Crippen LogP contribution in [0.5, 0.6) is 0 Å². The summed E-state index contributed by atoms with van der Waals surface area (Å²) in [6, 6.07) is 0. The lowest BCUT2D eigenvalue weighted by atomic mass is 10.1. The van der Waals surface area contributed by atoms with Crippen LogP contribution in [0.2, 0.25) is 0 Å². The third-order valence-corrected chi connectivity index (χ3v) is 2.16. The van der Waals surface area contributed by atoms with Crippen LogP contribution in [0, 0.1) is 0 Å². The van der Waals surface area contributed by atoms with Crippen LogP contribution in [0.3, 0.4) is 0 Å². The van der Waals surface area contributed by atoms with Crippen molar-refractivity contribution in [2.75, 3.05) is 0 Å². The molecule has 0 saturated heterocycles. The van der Waals surface area contributed by atoms with Crippen LogP contribution in [0.1, 0.15) is 52.4 Å². The largest absolute Gasteiger partial charge is 0.389 e. The molecular formula is C12H22O2. The predicted octanol–water partition coefficient (Wildman–Crippen LogP) is 2.85. The van der Waals surface area contributed by atoms with Gasteiger partial charge in [0.15, 0.2) is 0 Å². The molecule has 0 aliphatic rings. The Labute approximate surface area is 87.0 Å². The summed E-state index contributed by atoms with van der Waals surface area (Å²) in [6.45, 7) is 3.99. The zero-order valence-corrected chi connectivity index (χ0v) is 9.33. The highest BCUT2D eigenvalue weighted by Crippen LogP contribution is 2.06. The molecule has 0 aliphatic carbocycles. The summed E-state index contributed by atoms with van der Waals surface area (Å²) in [5.74, 6) is 0.173. The third-order valence-electron chi connectivity index (χ3n) is 2.16. The maximum atomic E-state index is 11.3. The minimum absolute atomic E-state index is 0.173. The van der Waals surface area contributed by atoms with E-state index in [1.165, 1.54) is 12.8 Å². The molecule has 14 heavy (non-hydrogen) atoms. The maximum absolute atomic E-state index is 11.3. The molecule has 0 aromatic rings. The Morgan fingerprint density at radius 1 is 1.36 bits per heavy atom. The SMILES string of the molecule is C/C=C\C(O)CC(=O)CCCCCC. The molecule has 0 bridgehead atoms. The molecule has 0 aromatic carbocycles. The quantitative estimate of drug-likeness (QED) is 0.481. The first-order chi connectivity index (χ1) is 6.70. The standard InChI is InChI=1S/C12H22O2/c1-3-5-6-7-9-12(14)10-11(13)8-4-2/h4,8,11,13H,3,5-7,9-10H2,1-2H3/b8-4-. The van der Waals surface area contributed by atoms with Gasteiger partial charge in [-0.3, -0.25) is 4.79 Å². The summed E-state index contributed by atoms with van der Waals surface area (Å²) in [5.41, 5.74) is 0. The summed E-state index contributed by atoms with van der Waals surface area (Å²) >= 11 is 0. The molecule has 0 rings (SSSR count). The molecule has 0 heterocycles. The molecule has 1 unspecified atom stereocenters. The second-order valence-electron chi connectivity index (χ2n) is 3.65. The minimum Gasteiger partial charge on any atom is -0.389 e. The molecule has 1 N–H and O–H groups in total. The molecule has 0 aliphatic heterocycles. The number of ketones is 1. The molecule has 1 atom stereocenters. The van der Waals surface area contributed by atoms with Crippen LogP contribution in [0.4, 0.5) is 0 Å². The molecule has 0 aromatic heterocycles. The second kappa shape index (κ2) is 8.95. The molecular weight excluding hydrogens is 176 g/mol. The third kappa shape index (κ3) is 7.99. The second-order valence-corrected chi connectivity index (χ2v) is 3.65. The minimum atomic E-state index is -0.585. The van der Waals surface area contributed by atoms with Gasteiger partial charge in [-0.05, 0) is 13.3 Å². The normalized spacial score (nSPS) is 13.4. The summed E-state index contributed by atoms with van der Waals surface area (Å²) in [4.78, 5) is 11.3. The fourth-order valence-corrected chi connectivity index (χ4v) is 1.37. The molecule has 2 nitrogen and oxygen atoms in total. The van der Waals surface area contributed by atoms with E-state index < -0.39 is 6.10 Å². The first kappa shape index (κ1) is 13.4. The van der Waals surface area contributed by atoms with Crippen molar-refractivity contribution >= 4 is 5.78 Å². The van der Waals surface area contributed by atoms with Crippen molar-refractivity contribution in [3.63, 3.8) is 0 Å². The lowest BCUT2D eigenvalue weighted by Crippen LogP contribution is -2.10. The average molecular weight is 198 g/mol. The van der Waals surface area contributed by atoms with E-state index in [4.69, 9.17) is 0 Å². The summed E-state index contributed by atoms with van der Waals surface area (Å²) in [6.07, 6.45) is 8.22. The molecule has 0 spiro atoms. The Hall–Kier alpha value is -0.630. The molecule has 0 radical (unpaired) electrons. The number of unbranched alkanes of at least 4 members (excludes halogenated alkanes) is 3. The molecule has 2 heteroatoms. The highest BCUT2D eigenvalue weighted by Gasteiger charge is 2.06. The fraction of sp³-hybridized carbons (Fsp3) is 0.750. The van der Waals surface area contributed by atoms with Gasteiger partial charge in [0.05, 0.1) is 6.10 Å². The van der Waals surface area contributed by atoms with Crippen LogP contribution in [0.15, 0.2) is 12.2 Å². The van der Waals surface area contributed by atoms with E-state index in [0.29, 0.717) is 6.42 Å². The Bertz CT molecular complexity index is 173. The van der Waals surface area contributed by atoms with Crippen molar-refractivity contribution in [3.05, 3.63) is 12.2 Å². The van der Waals surface area contributed by atoms with Crippen LogP contribution < -0.4 is 0 Å². The van der Waals surface area contributed by atoms with Crippen LogP contribution in [0.25, 0.3) is 0 Å². The van der Waals surface area contributed by atoms with Crippen molar-refractivity contribution in [1.82, 2.24) is 0 Å². The van der Waals surface area contributed by atoms with E-state index in [-0.39, 0.29) is 12.2 Å². The zero-order valence-electron chi connectivity index (χ0n) is 9.33. The van der Waals surface area contributed by atoms with E-state index in [2.05, 4.69) is 6.92 Å². The first-order valence-electron chi connectivity index (χ1n) is 5.53. The molecule has 0 fully saturated rings. The van der Waals surface area contributed by atoms with Crippen molar-refractivity contribution in [2.45, 2.75) is 58.5 Å². The highest BCUT2D eigenvalue weighted by molar-refractivity contribution is 5.79. The van der Waals surface area contributed by atoms with Gasteiger partial charge in [-0.1, -0.05) is 38.3 Å². The molecule has 82 valence electrons. The number of aliphatic hydroxyl groups excluding tert-OH is 1. The van der Waals surface area contributed by atoms with Gasteiger partial charge in [0.2, 0.25) is 0 Å². The molecule has 0 amide bonds. The van der Waals surface area contributed by atoms with Gasteiger partial charge in [-0.25, -0.2) is 0 Å². The van der Waals surface area contributed by atoms with E-state index in [1.54, 1.807) is 12.2 Å². The number of aliphatic hydroxyl groups is 1. The number of hydrogen-bond acceptors (Lipinski definition) is 2. The van der Waals surface area contributed by atoms with E-state index in [1.807, 2.05) is 6.92 Å². The average Bonchev–Trinajstić information content (AvgIpc) is 2.13. The van der Waals surface area contributed by atoms with Crippen molar-refractivity contribution in [3.8, 4) is 0 Å². The van der Waals surface area contributed by atoms with Crippen molar-refractivity contribution in [2.24, 2.45) is 0 Å². The fourth-order valence-electron chi connectivity index (χ4n) is 1.37. The smallest absolute Gasteiger partial charge is 0.135 e. The van der Waals surface area contributed by atoms with E-state index in [0.717, 1.165) is 12.8 Å². The summed E-state index contributed by atoms with van der Waals surface area (Å²) in [7, 11) is 0. The number of allylic oxidation sites excluding steroid dienone is 1. The van der Waals surface area contributed by atoms with Gasteiger partial charge in [-0.15, -0.1) is 0 Å². The molecule has 0 saturated carbocycles. The Kier molecular flexibility index (Phi) is 8.54. The highest BCUT2D eigenvalue weighted by atomic mass is 16.3. The van der Waals surface area contributed by atoms with Gasteiger partial charge in [0, 0.05) is 12.8 Å². The number of hydrogen-bond donors (Lipinski definition) is 1. The van der Waals surface area contributed by atoms with Crippen molar-refractivity contribution in [1.29, 1.82) is 0 Å². The first-order valence-corrected chi connectivity index (χ1v) is 5.53. The van der Waals surface area contributed by atoms with Gasteiger partial charge in [0.1, 0.15) is 5.78 Å². The number of Topliss-reactive ketones (excluding diaryl/α,β-unsaturated/α-hetero) is 1. The summed E-state index contributed by atoms with van der Waals surface area (Å²) in [5, 5.41) is 9.31. The number of carbonyl (C=O) groups excluding carboxylic acids is 1. The topological polar surface area (TPSA) is 37.3 Å². The van der Waals surface area contributed by atoms with E-state index in [9.17, 15) is 9.90 Å². The van der Waals surface area contributed by atoms with Crippen LogP contribution >= 0.6 is 0 Å².